The number of hydrogen-bond acceptors (Lipinski definition) is 6. The Balaban J connectivity index is 1.82. The van der Waals surface area contributed by atoms with E-state index >= 15 is 0 Å². The predicted octanol–water partition coefficient (Wildman–Crippen LogP) is 3.39. The average Bonchev–Trinajstić information content (AvgIpc) is 2.96. The van der Waals surface area contributed by atoms with Crippen molar-refractivity contribution in [2.45, 2.75) is 23.4 Å². The summed E-state index contributed by atoms with van der Waals surface area (Å²) in [7, 11) is -3.87. The highest BCUT2D eigenvalue weighted by Gasteiger charge is 2.38. The number of benzene rings is 2. The van der Waals surface area contributed by atoms with Gasteiger partial charge in [0.25, 0.3) is 10.0 Å². The van der Waals surface area contributed by atoms with Gasteiger partial charge in [-0.3, -0.25) is 9.52 Å². The molecule has 0 aromatic heterocycles. The molecule has 3 rings (SSSR count). The molecular formula is C18H20FN3O4S2. The van der Waals surface area contributed by atoms with E-state index in [4.69, 9.17) is 0 Å². The Bertz CT molecular complexity index is 983. The van der Waals surface area contributed by atoms with Crippen molar-refractivity contribution in [3.8, 4) is 0 Å². The number of aliphatic carboxylic acids is 1. The Labute approximate surface area is 166 Å². The summed E-state index contributed by atoms with van der Waals surface area (Å²) in [4.78, 5) is 11.3. The van der Waals surface area contributed by atoms with Crippen molar-refractivity contribution >= 4 is 44.8 Å². The van der Waals surface area contributed by atoms with Gasteiger partial charge in [0.05, 0.1) is 28.4 Å². The summed E-state index contributed by atoms with van der Waals surface area (Å²) in [5.41, 5.74) is 0.799. The van der Waals surface area contributed by atoms with Gasteiger partial charge in [0.15, 0.2) is 0 Å². The van der Waals surface area contributed by atoms with Crippen molar-refractivity contribution in [3.05, 3.63) is 48.3 Å². The number of sulfonamides is 1. The van der Waals surface area contributed by atoms with Gasteiger partial charge in [0.2, 0.25) is 0 Å². The van der Waals surface area contributed by atoms with Gasteiger partial charge in [-0.25, -0.2) is 12.8 Å². The molecule has 1 atom stereocenters. The molecule has 4 N–H and O–H groups in total. The first kappa shape index (κ1) is 20.3. The molecule has 0 spiro atoms. The Morgan fingerprint density at radius 1 is 1.18 bits per heavy atom. The molecule has 150 valence electrons. The molecule has 0 radical (unpaired) electrons. The predicted molar refractivity (Wildman–Crippen MR) is 109 cm³/mol. The molecule has 1 unspecified atom stereocenters. The molecule has 2 aromatic carbocycles. The van der Waals surface area contributed by atoms with Gasteiger partial charge in [-0.05, 0) is 60.9 Å². The van der Waals surface area contributed by atoms with E-state index in [1.807, 2.05) is 6.26 Å². The molecule has 7 nitrogen and oxygen atoms in total. The lowest BCUT2D eigenvalue weighted by atomic mass is 10.0. The summed E-state index contributed by atoms with van der Waals surface area (Å²) in [6.45, 7) is 0. The number of fused-ring (bicyclic) bond motifs is 1. The Kier molecular flexibility index (Phi) is 5.71. The van der Waals surface area contributed by atoms with Crippen molar-refractivity contribution in [1.82, 2.24) is 0 Å². The van der Waals surface area contributed by atoms with Crippen LogP contribution in [0.5, 0.6) is 0 Å². The lowest BCUT2D eigenvalue weighted by molar-refractivity contribution is -0.137. The van der Waals surface area contributed by atoms with Gasteiger partial charge in [-0.1, -0.05) is 0 Å². The zero-order valence-electron chi connectivity index (χ0n) is 15.0. The highest BCUT2D eigenvalue weighted by Crippen LogP contribution is 2.39. The van der Waals surface area contributed by atoms with Crippen LogP contribution in [-0.2, 0) is 14.8 Å². The first-order chi connectivity index (χ1) is 13.2. The van der Waals surface area contributed by atoms with E-state index in [1.54, 1.807) is 30.0 Å². The number of halogens is 1. The van der Waals surface area contributed by atoms with Crippen LogP contribution in [0.25, 0.3) is 0 Å². The Hall–Kier alpha value is -2.46. The van der Waals surface area contributed by atoms with E-state index in [9.17, 15) is 22.7 Å². The molecule has 1 aliphatic rings. The molecule has 0 fully saturated rings. The summed E-state index contributed by atoms with van der Waals surface area (Å²) >= 11 is 1.61. The van der Waals surface area contributed by atoms with Crippen LogP contribution in [0.3, 0.4) is 0 Å². The first-order valence-electron chi connectivity index (χ1n) is 8.43. The molecule has 1 heterocycles. The van der Waals surface area contributed by atoms with Gasteiger partial charge in [-0.15, -0.1) is 0 Å². The van der Waals surface area contributed by atoms with Crippen LogP contribution < -0.4 is 15.4 Å². The molecular weight excluding hydrogens is 405 g/mol. The fourth-order valence-corrected chi connectivity index (χ4v) is 4.63. The minimum absolute atomic E-state index is 0.0549. The van der Waals surface area contributed by atoms with Gasteiger partial charge in [0.1, 0.15) is 11.5 Å². The van der Waals surface area contributed by atoms with Crippen LogP contribution in [0.15, 0.2) is 47.4 Å². The number of carboxylic acids is 1. The minimum atomic E-state index is -3.87. The molecule has 1 aliphatic heterocycles. The second-order valence-corrected chi connectivity index (χ2v) is 9.13. The number of carboxylic acid groups (broad SMARTS) is 1. The molecule has 28 heavy (non-hydrogen) atoms. The topological polar surface area (TPSA) is 108 Å². The maximum absolute atomic E-state index is 13.0. The van der Waals surface area contributed by atoms with Crippen LogP contribution in [-0.4, -0.2) is 37.2 Å². The average molecular weight is 426 g/mol. The van der Waals surface area contributed by atoms with Crippen molar-refractivity contribution in [2.75, 3.05) is 27.4 Å². The summed E-state index contributed by atoms with van der Waals surface area (Å²) < 4.78 is 40.4. The number of thioether (sulfide) groups is 1. The lowest BCUT2D eigenvalue weighted by Crippen LogP contribution is -2.44. The van der Waals surface area contributed by atoms with E-state index in [1.165, 1.54) is 12.1 Å². The number of hydrogen-bond donors (Lipinski definition) is 4. The fourth-order valence-electron chi connectivity index (χ4n) is 3.03. The molecule has 0 saturated carbocycles. The second-order valence-electron chi connectivity index (χ2n) is 6.47. The SMILES string of the molecule is CSCCC1(CC(=O)O)Nc2ccc(NS(=O)(=O)c3ccc(F)cc3)cc2N1. The van der Waals surface area contributed by atoms with Gasteiger partial charge in [-0.2, -0.15) is 11.8 Å². The van der Waals surface area contributed by atoms with Gasteiger partial charge >= 0.3 is 5.97 Å². The summed E-state index contributed by atoms with van der Waals surface area (Å²) in [5, 5.41) is 15.7. The summed E-state index contributed by atoms with van der Waals surface area (Å²) in [6, 6.07) is 9.40. The van der Waals surface area contributed by atoms with Crippen LogP contribution in [0.2, 0.25) is 0 Å². The number of anilines is 3. The van der Waals surface area contributed by atoms with Crippen LogP contribution >= 0.6 is 11.8 Å². The third-order valence-corrected chi connectivity index (χ3v) is 6.34. The van der Waals surface area contributed by atoms with E-state index in [-0.39, 0.29) is 11.3 Å². The normalized spacial score (nSPS) is 18.1. The maximum Gasteiger partial charge on any atom is 0.307 e. The van der Waals surface area contributed by atoms with Crippen molar-refractivity contribution in [3.63, 3.8) is 0 Å². The van der Waals surface area contributed by atoms with Gasteiger partial charge < -0.3 is 15.7 Å². The largest absolute Gasteiger partial charge is 0.481 e. The molecule has 0 bridgehead atoms. The van der Waals surface area contributed by atoms with Crippen LogP contribution in [0, 0.1) is 5.82 Å². The first-order valence-corrected chi connectivity index (χ1v) is 11.3. The van der Waals surface area contributed by atoms with E-state index in [0.717, 1.165) is 17.9 Å². The van der Waals surface area contributed by atoms with Crippen LogP contribution in [0.1, 0.15) is 12.8 Å². The number of nitrogens with one attached hydrogen (secondary N) is 3. The van der Waals surface area contributed by atoms with Crippen molar-refractivity contribution in [2.24, 2.45) is 0 Å². The molecule has 2 aromatic rings. The zero-order chi connectivity index (χ0) is 20.4. The smallest absolute Gasteiger partial charge is 0.307 e. The van der Waals surface area contributed by atoms with Crippen LogP contribution in [0.4, 0.5) is 21.5 Å². The number of rotatable bonds is 8. The zero-order valence-corrected chi connectivity index (χ0v) is 16.7. The Morgan fingerprint density at radius 3 is 2.50 bits per heavy atom. The Morgan fingerprint density at radius 2 is 1.86 bits per heavy atom. The second kappa shape index (κ2) is 7.88. The standard InChI is InChI=1S/C18H20FN3O4S2/c1-27-9-8-18(11-17(23)24)20-15-7-4-13(10-16(15)21-18)22-28(25,26)14-5-2-12(19)3-6-14/h2-7,10,20-22H,8-9,11H2,1H3,(H,23,24). The number of carbonyl (C=O) groups is 1. The molecule has 10 heteroatoms. The monoisotopic (exact) mass is 425 g/mol. The van der Waals surface area contributed by atoms with E-state index in [2.05, 4.69) is 15.4 Å². The van der Waals surface area contributed by atoms with Crippen molar-refractivity contribution < 1.29 is 22.7 Å². The highest BCUT2D eigenvalue weighted by molar-refractivity contribution is 7.98. The lowest BCUT2D eigenvalue weighted by Gasteiger charge is -2.29. The highest BCUT2D eigenvalue weighted by atomic mass is 32.2. The summed E-state index contributed by atoms with van der Waals surface area (Å²) in [5.74, 6) is -0.705. The quantitative estimate of drug-likeness (QED) is 0.513. The fraction of sp³-hybridized carbons (Fsp3) is 0.278. The van der Waals surface area contributed by atoms with E-state index in [0.29, 0.717) is 23.5 Å². The minimum Gasteiger partial charge on any atom is -0.481 e. The van der Waals surface area contributed by atoms with E-state index < -0.39 is 27.5 Å². The third kappa shape index (κ3) is 4.50. The molecule has 0 saturated heterocycles. The third-order valence-electron chi connectivity index (χ3n) is 4.33. The maximum atomic E-state index is 13.0. The molecule has 0 aliphatic carbocycles. The van der Waals surface area contributed by atoms with Crippen molar-refractivity contribution in [1.29, 1.82) is 0 Å². The molecule has 0 amide bonds. The van der Waals surface area contributed by atoms with Gasteiger partial charge in [0, 0.05) is 0 Å². The summed E-state index contributed by atoms with van der Waals surface area (Å²) in [6.07, 6.45) is 2.39.